The first kappa shape index (κ1) is 15.8. The van der Waals surface area contributed by atoms with E-state index in [-0.39, 0.29) is 0 Å². The largest absolute Gasteiger partial charge is 0.397 e. The van der Waals surface area contributed by atoms with Crippen molar-refractivity contribution in [1.29, 1.82) is 0 Å². The first-order valence-corrected chi connectivity index (χ1v) is 8.71. The van der Waals surface area contributed by atoms with Gasteiger partial charge in [-0.05, 0) is 43.3 Å². The summed E-state index contributed by atoms with van der Waals surface area (Å²) in [5, 5.41) is 3.29. The van der Waals surface area contributed by atoms with Gasteiger partial charge in [0.1, 0.15) is 5.82 Å². The number of H-pyrrole nitrogens is 1. The molecule has 1 saturated heterocycles. The number of nitrogens with zero attached hydrogens (tertiary/aromatic N) is 2. The second-order valence-corrected chi connectivity index (χ2v) is 6.22. The molecule has 2 aromatic carbocycles. The fraction of sp³-hybridized carbons (Fsp3) is 0.316. The molecule has 0 bridgehead atoms. The Bertz CT molecular complexity index is 883. The van der Waals surface area contributed by atoms with Gasteiger partial charge in [-0.25, -0.2) is 4.98 Å². The molecule has 4 rings (SSSR count). The van der Waals surface area contributed by atoms with Crippen molar-refractivity contribution in [2.75, 3.05) is 48.8 Å². The maximum absolute atomic E-state index is 6.02. The number of rotatable bonds is 4. The van der Waals surface area contributed by atoms with Crippen molar-refractivity contribution < 1.29 is 4.74 Å². The van der Waals surface area contributed by atoms with Crippen LogP contribution in [-0.4, -0.2) is 42.8 Å². The molecule has 0 saturated carbocycles. The van der Waals surface area contributed by atoms with E-state index < -0.39 is 0 Å². The van der Waals surface area contributed by atoms with Crippen LogP contribution in [0.3, 0.4) is 0 Å². The van der Waals surface area contributed by atoms with E-state index >= 15 is 0 Å². The quantitative estimate of drug-likeness (QED) is 0.638. The molecular weight excluding hydrogens is 314 g/mol. The molecule has 0 unspecified atom stereocenters. The third-order valence-corrected chi connectivity index (χ3v) is 4.54. The van der Waals surface area contributed by atoms with Gasteiger partial charge in [-0.15, -0.1) is 0 Å². The Morgan fingerprint density at radius 1 is 1.20 bits per heavy atom. The minimum atomic E-state index is 0.747. The highest BCUT2D eigenvalue weighted by Crippen LogP contribution is 2.28. The molecule has 1 aliphatic heterocycles. The van der Waals surface area contributed by atoms with E-state index in [1.54, 1.807) is 0 Å². The number of nitrogen functional groups attached to an aromatic ring is 1. The number of hydrogen-bond donors (Lipinski definition) is 3. The highest BCUT2D eigenvalue weighted by Gasteiger charge is 2.13. The molecule has 1 aromatic heterocycles. The highest BCUT2D eigenvalue weighted by atomic mass is 16.5. The molecule has 3 aromatic rings. The number of morpholine rings is 1. The Balaban J connectivity index is 1.68. The highest BCUT2D eigenvalue weighted by molar-refractivity contribution is 5.84. The molecule has 0 atom stereocenters. The lowest BCUT2D eigenvalue weighted by molar-refractivity contribution is 0.122. The molecule has 1 aliphatic rings. The molecule has 0 spiro atoms. The fourth-order valence-corrected chi connectivity index (χ4v) is 3.20. The van der Waals surface area contributed by atoms with Gasteiger partial charge in [-0.2, -0.15) is 0 Å². The molecular formula is C19H23N5O. The minimum absolute atomic E-state index is 0.747. The summed E-state index contributed by atoms with van der Waals surface area (Å²) in [5.74, 6) is 0.855. The SMILES string of the molecule is CCNc1cc(-c2nc3ccc(N4CCOCC4)cc3[nH]2)ccc1N. The summed E-state index contributed by atoms with van der Waals surface area (Å²) in [6.45, 7) is 6.31. The van der Waals surface area contributed by atoms with Crippen molar-refractivity contribution in [1.82, 2.24) is 9.97 Å². The monoisotopic (exact) mass is 337 g/mol. The molecule has 130 valence electrons. The van der Waals surface area contributed by atoms with Crippen LogP contribution in [0, 0.1) is 0 Å². The molecule has 1 fully saturated rings. The first-order chi connectivity index (χ1) is 12.2. The Labute approximate surface area is 147 Å². The number of nitrogens with one attached hydrogen (secondary N) is 2. The minimum Gasteiger partial charge on any atom is -0.397 e. The Morgan fingerprint density at radius 3 is 2.84 bits per heavy atom. The van der Waals surface area contributed by atoms with Crippen LogP contribution in [0.2, 0.25) is 0 Å². The third-order valence-electron chi connectivity index (χ3n) is 4.54. The number of aromatic amines is 1. The van der Waals surface area contributed by atoms with E-state index in [0.717, 1.165) is 66.6 Å². The summed E-state index contributed by atoms with van der Waals surface area (Å²) in [6.07, 6.45) is 0. The van der Waals surface area contributed by atoms with Crippen molar-refractivity contribution in [3.05, 3.63) is 36.4 Å². The normalized spacial score (nSPS) is 14.8. The average Bonchev–Trinajstić information content (AvgIpc) is 3.07. The summed E-state index contributed by atoms with van der Waals surface area (Å²) >= 11 is 0. The first-order valence-electron chi connectivity index (χ1n) is 8.71. The zero-order valence-corrected chi connectivity index (χ0v) is 14.4. The van der Waals surface area contributed by atoms with Gasteiger partial charge in [0.25, 0.3) is 0 Å². The zero-order chi connectivity index (χ0) is 17.2. The van der Waals surface area contributed by atoms with Gasteiger partial charge in [0.15, 0.2) is 0 Å². The summed E-state index contributed by atoms with van der Waals surface area (Å²) in [6, 6.07) is 12.3. The number of benzene rings is 2. The summed E-state index contributed by atoms with van der Waals surface area (Å²) in [7, 11) is 0. The van der Waals surface area contributed by atoms with E-state index in [1.165, 1.54) is 5.69 Å². The van der Waals surface area contributed by atoms with E-state index in [1.807, 2.05) is 18.2 Å². The van der Waals surface area contributed by atoms with Crippen molar-refractivity contribution in [3.63, 3.8) is 0 Å². The van der Waals surface area contributed by atoms with Crippen LogP contribution in [-0.2, 0) is 4.74 Å². The lowest BCUT2D eigenvalue weighted by atomic mass is 10.1. The van der Waals surface area contributed by atoms with Crippen LogP contribution >= 0.6 is 0 Å². The molecule has 25 heavy (non-hydrogen) atoms. The van der Waals surface area contributed by atoms with Gasteiger partial charge < -0.3 is 25.7 Å². The van der Waals surface area contributed by atoms with Gasteiger partial charge in [0.2, 0.25) is 0 Å². The Hall–Kier alpha value is -2.73. The van der Waals surface area contributed by atoms with Crippen molar-refractivity contribution in [2.45, 2.75) is 6.92 Å². The Morgan fingerprint density at radius 2 is 2.04 bits per heavy atom. The van der Waals surface area contributed by atoms with Crippen LogP contribution in [0.4, 0.5) is 17.1 Å². The van der Waals surface area contributed by atoms with Crippen LogP contribution in [0.5, 0.6) is 0 Å². The van der Waals surface area contributed by atoms with E-state index in [9.17, 15) is 0 Å². The molecule has 6 heteroatoms. The van der Waals surface area contributed by atoms with Gasteiger partial charge in [-0.1, -0.05) is 0 Å². The number of ether oxygens (including phenoxy) is 1. The molecule has 0 amide bonds. The molecule has 0 radical (unpaired) electrons. The van der Waals surface area contributed by atoms with Crippen LogP contribution < -0.4 is 16.0 Å². The van der Waals surface area contributed by atoms with Gasteiger partial charge in [-0.3, -0.25) is 0 Å². The van der Waals surface area contributed by atoms with E-state index in [0.29, 0.717) is 0 Å². The average molecular weight is 337 g/mol. The summed E-state index contributed by atoms with van der Waals surface area (Å²) < 4.78 is 5.43. The van der Waals surface area contributed by atoms with Gasteiger partial charge in [0.05, 0.1) is 35.6 Å². The topological polar surface area (TPSA) is 79.2 Å². The molecule has 6 nitrogen and oxygen atoms in total. The molecule has 0 aliphatic carbocycles. The fourth-order valence-electron chi connectivity index (χ4n) is 3.20. The second-order valence-electron chi connectivity index (χ2n) is 6.22. The number of aromatic nitrogens is 2. The number of imidazole rings is 1. The number of anilines is 3. The van der Waals surface area contributed by atoms with E-state index in [2.05, 4.69) is 40.3 Å². The number of fused-ring (bicyclic) bond motifs is 1. The maximum Gasteiger partial charge on any atom is 0.138 e. The van der Waals surface area contributed by atoms with Gasteiger partial charge >= 0.3 is 0 Å². The van der Waals surface area contributed by atoms with Crippen LogP contribution in [0.1, 0.15) is 6.92 Å². The zero-order valence-electron chi connectivity index (χ0n) is 14.4. The number of nitrogens with two attached hydrogens (primary N) is 1. The standard InChI is InChI=1S/C19H23N5O/c1-2-21-17-11-13(3-5-15(17)20)19-22-16-6-4-14(12-18(16)23-19)24-7-9-25-10-8-24/h3-6,11-12,21H,2,7-10,20H2,1H3,(H,22,23). The number of hydrogen-bond acceptors (Lipinski definition) is 5. The second kappa shape index (κ2) is 6.64. The van der Waals surface area contributed by atoms with Crippen molar-refractivity contribution >= 4 is 28.1 Å². The lowest BCUT2D eigenvalue weighted by Gasteiger charge is -2.28. The smallest absolute Gasteiger partial charge is 0.138 e. The summed E-state index contributed by atoms with van der Waals surface area (Å²) in [5.41, 5.74) is 11.9. The maximum atomic E-state index is 6.02. The predicted octanol–water partition coefficient (Wildman–Crippen LogP) is 3.08. The van der Waals surface area contributed by atoms with Crippen molar-refractivity contribution in [2.24, 2.45) is 0 Å². The molecule has 4 N–H and O–H groups in total. The van der Waals surface area contributed by atoms with Crippen molar-refractivity contribution in [3.8, 4) is 11.4 Å². The molecule has 2 heterocycles. The van der Waals surface area contributed by atoms with Gasteiger partial charge in [0, 0.05) is 30.9 Å². The third kappa shape index (κ3) is 3.13. The predicted molar refractivity (Wildman–Crippen MR) is 103 cm³/mol. The Kier molecular flexibility index (Phi) is 4.19. The lowest BCUT2D eigenvalue weighted by Crippen LogP contribution is -2.36. The van der Waals surface area contributed by atoms with Crippen LogP contribution in [0.25, 0.3) is 22.4 Å². The summed E-state index contributed by atoms with van der Waals surface area (Å²) in [4.78, 5) is 10.5. The van der Waals surface area contributed by atoms with E-state index in [4.69, 9.17) is 15.5 Å². The van der Waals surface area contributed by atoms with Crippen LogP contribution in [0.15, 0.2) is 36.4 Å².